The molecule has 1 aromatic carbocycles. The molecule has 0 amide bonds. The summed E-state index contributed by atoms with van der Waals surface area (Å²) in [6, 6.07) is 9.13. The number of nitrogens with zero attached hydrogens (tertiary/aromatic N) is 3. The van der Waals surface area contributed by atoms with E-state index in [-0.39, 0.29) is 29.8 Å². The summed E-state index contributed by atoms with van der Waals surface area (Å²) in [6.45, 7) is 6.10. The molecule has 8 heteroatoms. The Bertz CT molecular complexity index is 796. The molecule has 2 aromatic rings. The summed E-state index contributed by atoms with van der Waals surface area (Å²) >= 11 is 0. The van der Waals surface area contributed by atoms with Crippen molar-refractivity contribution < 1.29 is 9.13 Å². The van der Waals surface area contributed by atoms with E-state index in [2.05, 4.69) is 31.6 Å². The lowest BCUT2D eigenvalue weighted by Gasteiger charge is -2.29. The first-order valence-corrected chi connectivity index (χ1v) is 9.13. The van der Waals surface area contributed by atoms with Crippen molar-refractivity contribution in [3.63, 3.8) is 0 Å². The zero-order valence-corrected chi connectivity index (χ0v) is 18.6. The molecule has 2 heterocycles. The third-order valence-corrected chi connectivity index (χ3v) is 4.53. The predicted octanol–water partition coefficient (Wildman–Crippen LogP) is 2.85. The third kappa shape index (κ3) is 6.03. The first kappa shape index (κ1) is 22.4. The van der Waals surface area contributed by atoms with Crippen molar-refractivity contribution in [3.8, 4) is 0 Å². The normalized spacial score (nSPS) is 14.4. The van der Waals surface area contributed by atoms with Gasteiger partial charge in [0.15, 0.2) is 5.96 Å². The molecule has 1 saturated heterocycles. The maximum absolute atomic E-state index is 13.4. The third-order valence-electron chi connectivity index (χ3n) is 4.53. The lowest BCUT2D eigenvalue weighted by Crippen LogP contribution is -2.39. The second-order valence-electron chi connectivity index (χ2n) is 6.45. The number of rotatable bonds is 5. The average Bonchev–Trinajstić information content (AvgIpc) is 2.71. The number of benzene rings is 1. The summed E-state index contributed by atoms with van der Waals surface area (Å²) in [5, 5.41) is 6.59. The van der Waals surface area contributed by atoms with Crippen LogP contribution in [-0.4, -0.2) is 44.3 Å². The predicted molar refractivity (Wildman–Crippen MR) is 121 cm³/mol. The van der Waals surface area contributed by atoms with E-state index in [0.29, 0.717) is 24.6 Å². The molecular formula is C20H27FIN5O. The van der Waals surface area contributed by atoms with Crippen LogP contribution in [0, 0.1) is 12.7 Å². The molecule has 0 spiro atoms. The lowest BCUT2D eigenvalue weighted by molar-refractivity contribution is 0.122. The SMILES string of the molecule is CN=C(NCc1ccc(F)c(C)c1)NCc1cccnc1N1CCOCC1.I. The number of aryl methyl sites for hydroxylation is 1. The van der Waals surface area contributed by atoms with Crippen molar-refractivity contribution in [2.24, 2.45) is 4.99 Å². The number of aliphatic imine (C=N–C) groups is 1. The van der Waals surface area contributed by atoms with Crippen LogP contribution >= 0.6 is 24.0 Å². The van der Waals surface area contributed by atoms with Gasteiger partial charge in [0.2, 0.25) is 0 Å². The summed E-state index contributed by atoms with van der Waals surface area (Å²) in [6.07, 6.45) is 1.82. The number of aromatic nitrogens is 1. The van der Waals surface area contributed by atoms with Gasteiger partial charge >= 0.3 is 0 Å². The van der Waals surface area contributed by atoms with Crippen molar-refractivity contribution in [2.45, 2.75) is 20.0 Å². The van der Waals surface area contributed by atoms with Gasteiger partial charge in [-0.25, -0.2) is 9.37 Å². The number of anilines is 1. The second kappa shape index (κ2) is 11.2. The summed E-state index contributed by atoms with van der Waals surface area (Å²) in [5.74, 6) is 1.49. The Morgan fingerprint density at radius 3 is 2.68 bits per heavy atom. The van der Waals surface area contributed by atoms with E-state index < -0.39 is 0 Å². The molecule has 28 heavy (non-hydrogen) atoms. The van der Waals surface area contributed by atoms with E-state index >= 15 is 0 Å². The Balaban J connectivity index is 0.00000280. The zero-order chi connectivity index (χ0) is 19.1. The van der Waals surface area contributed by atoms with Crippen LogP contribution in [0.25, 0.3) is 0 Å². The number of hydrogen-bond acceptors (Lipinski definition) is 4. The van der Waals surface area contributed by atoms with Gasteiger partial charge in [-0.05, 0) is 30.2 Å². The quantitative estimate of drug-likeness (QED) is 0.377. The van der Waals surface area contributed by atoms with Crippen LogP contribution in [0.15, 0.2) is 41.5 Å². The Hall–Kier alpha value is -1.94. The fraction of sp³-hybridized carbons (Fsp3) is 0.400. The fourth-order valence-electron chi connectivity index (χ4n) is 3.03. The molecule has 1 fully saturated rings. The minimum Gasteiger partial charge on any atom is -0.378 e. The van der Waals surface area contributed by atoms with Gasteiger partial charge in [-0.2, -0.15) is 0 Å². The molecule has 1 aliphatic heterocycles. The maximum Gasteiger partial charge on any atom is 0.191 e. The van der Waals surface area contributed by atoms with Gasteiger partial charge in [0.25, 0.3) is 0 Å². The molecule has 0 bridgehead atoms. The second-order valence-corrected chi connectivity index (χ2v) is 6.45. The van der Waals surface area contributed by atoms with Crippen LogP contribution in [0.2, 0.25) is 0 Å². The van der Waals surface area contributed by atoms with Gasteiger partial charge in [-0.15, -0.1) is 24.0 Å². The zero-order valence-electron chi connectivity index (χ0n) is 16.2. The Morgan fingerprint density at radius 1 is 1.21 bits per heavy atom. The lowest BCUT2D eigenvalue weighted by atomic mass is 10.1. The molecular weight excluding hydrogens is 472 g/mol. The monoisotopic (exact) mass is 499 g/mol. The smallest absolute Gasteiger partial charge is 0.191 e. The first-order chi connectivity index (χ1) is 13.2. The standard InChI is InChI=1S/C20H26FN5O.HI/c1-15-12-16(5-6-18(15)21)13-24-20(22-2)25-14-17-4-3-7-23-19(17)26-8-10-27-11-9-26;/h3-7,12H,8-11,13-14H2,1-2H3,(H2,22,24,25);1H. The van der Waals surface area contributed by atoms with Crippen LogP contribution in [0.4, 0.5) is 10.2 Å². The van der Waals surface area contributed by atoms with Gasteiger partial charge < -0.3 is 20.3 Å². The molecule has 0 saturated carbocycles. The highest BCUT2D eigenvalue weighted by atomic mass is 127. The van der Waals surface area contributed by atoms with E-state index in [1.807, 2.05) is 18.3 Å². The van der Waals surface area contributed by atoms with Gasteiger partial charge in [0, 0.05) is 45.0 Å². The van der Waals surface area contributed by atoms with Crippen molar-refractivity contribution in [1.29, 1.82) is 0 Å². The number of pyridine rings is 1. The molecule has 152 valence electrons. The van der Waals surface area contributed by atoms with Gasteiger partial charge in [0.05, 0.1) is 13.2 Å². The minimum absolute atomic E-state index is 0. The van der Waals surface area contributed by atoms with Crippen molar-refractivity contribution >= 4 is 35.8 Å². The maximum atomic E-state index is 13.4. The number of nitrogens with one attached hydrogen (secondary N) is 2. The van der Waals surface area contributed by atoms with Crippen LogP contribution in [0.3, 0.4) is 0 Å². The van der Waals surface area contributed by atoms with Gasteiger partial charge in [-0.1, -0.05) is 18.2 Å². The van der Waals surface area contributed by atoms with Crippen LogP contribution < -0.4 is 15.5 Å². The average molecular weight is 499 g/mol. The number of morpholine rings is 1. The van der Waals surface area contributed by atoms with E-state index in [9.17, 15) is 4.39 Å². The van der Waals surface area contributed by atoms with Gasteiger partial charge in [-0.3, -0.25) is 4.99 Å². The van der Waals surface area contributed by atoms with E-state index in [1.54, 1.807) is 20.0 Å². The molecule has 3 rings (SSSR count). The summed E-state index contributed by atoms with van der Waals surface area (Å²) in [5.41, 5.74) is 2.76. The number of guanidine groups is 1. The summed E-state index contributed by atoms with van der Waals surface area (Å²) in [7, 11) is 1.73. The molecule has 0 atom stereocenters. The molecule has 0 unspecified atom stereocenters. The Kier molecular flexibility index (Phi) is 8.91. The topological polar surface area (TPSA) is 61.8 Å². The van der Waals surface area contributed by atoms with Crippen molar-refractivity contribution in [3.05, 3.63) is 59.0 Å². The van der Waals surface area contributed by atoms with Crippen molar-refractivity contribution in [2.75, 3.05) is 38.3 Å². The van der Waals surface area contributed by atoms with Crippen LogP contribution in [-0.2, 0) is 17.8 Å². The largest absolute Gasteiger partial charge is 0.378 e. The molecule has 1 aliphatic rings. The highest BCUT2D eigenvalue weighted by Gasteiger charge is 2.15. The molecule has 0 aliphatic carbocycles. The molecule has 6 nitrogen and oxygen atoms in total. The Labute approximate surface area is 182 Å². The van der Waals surface area contributed by atoms with E-state index in [0.717, 1.165) is 43.2 Å². The summed E-state index contributed by atoms with van der Waals surface area (Å²) in [4.78, 5) is 11.1. The van der Waals surface area contributed by atoms with Crippen molar-refractivity contribution in [1.82, 2.24) is 15.6 Å². The van der Waals surface area contributed by atoms with Crippen LogP contribution in [0.5, 0.6) is 0 Å². The highest BCUT2D eigenvalue weighted by Crippen LogP contribution is 2.18. The summed E-state index contributed by atoms with van der Waals surface area (Å²) < 4.78 is 18.8. The van der Waals surface area contributed by atoms with E-state index in [4.69, 9.17) is 4.74 Å². The Morgan fingerprint density at radius 2 is 1.96 bits per heavy atom. The molecule has 1 aromatic heterocycles. The number of ether oxygens (including phenoxy) is 1. The highest BCUT2D eigenvalue weighted by molar-refractivity contribution is 14.0. The van der Waals surface area contributed by atoms with Gasteiger partial charge in [0.1, 0.15) is 11.6 Å². The van der Waals surface area contributed by atoms with E-state index in [1.165, 1.54) is 6.07 Å². The number of halogens is 2. The first-order valence-electron chi connectivity index (χ1n) is 9.13. The minimum atomic E-state index is -0.187. The number of hydrogen-bond donors (Lipinski definition) is 2. The molecule has 2 N–H and O–H groups in total. The van der Waals surface area contributed by atoms with Crippen LogP contribution in [0.1, 0.15) is 16.7 Å². The fourth-order valence-corrected chi connectivity index (χ4v) is 3.03. The molecule has 0 radical (unpaired) electrons.